The number of ether oxygens (including phenoxy) is 2. The van der Waals surface area contributed by atoms with Crippen molar-refractivity contribution in [1.29, 1.82) is 0 Å². The zero-order valence-electron chi connectivity index (χ0n) is 26.0. The topological polar surface area (TPSA) is 125 Å². The summed E-state index contributed by atoms with van der Waals surface area (Å²) in [5.74, 6) is 2.02. The van der Waals surface area contributed by atoms with Gasteiger partial charge in [-0.05, 0) is 76.1 Å². The molecule has 45 heavy (non-hydrogen) atoms. The van der Waals surface area contributed by atoms with Crippen LogP contribution in [0.15, 0.2) is 79.4 Å². The lowest BCUT2D eigenvalue weighted by atomic mass is 10.0. The van der Waals surface area contributed by atoms with Gasteiger partial charge in [0.25, 0.3) is 6.47 Å². The number of aromatic nitrogens is 5. The molecule has 0 aliphatic carbocycles. The number of piperidine rings is 1. The highest BCUT2D eigenvalue weighted by atomic mass is 16.5. The number of rotatable bonds is 7. The van der Waals surface area contributed by atoms with Gasteiger partial charge in [-0.2, -0.15) is 5.10 Å². The highest BCUT2D eigenvalue weighted by molar-refractivity contribution is 5.98. The molecule has 2 aliphatic rings. The molecule has 11 nitrogen and oxygen atoms in total. The van der Waals surface area contributed by atoms with Crippen molar-refractivity contribution in [3.63, 3.8) is 0 Å². The summed E-state index contributed by atoms with van der Waals surface area (Å²) in [4.78, 5) is 21.0. The monoisotopic (exact) mass is 608 g/mol. The molecule has 0 radical (unpaired) electrons. The largest absolute Gasteiger partial charge is 0.462 e. The van der Waals surface area contributed by atoms with Crippen LogP contribution in [0.1, 0.15) is 45.7 Å². The Labute approximate surface area is 263 Å². The van der Waals surface area contributed by atoms with Gasteiger partial charge >= 0.3 is 0 Å². The smallest absolute Gasteiger partial charge is 0.293 e. The maximum Gasteiger partial charge on any atom is 0.293 e. The number of para-hydroxylation sites is 1. The lowest BCUT2D eigenvalue weighted by Gasteiger charge is -2.33. The molecule has 0 saturated carbocycles. The number of benzene rings is 2. The fraction of sp³-hybridized carbons (Fsp3) is 0.353. The predicted molar refractivity (Wildman–Crippen MR) is 175 cm³/mol. The second-order valence-electron chi connectivity index (χ2n) is 12.4. The molecule has 0 bridgehead atoms. The van der Waals surface area contributed by atoms with Crippen molar-refractivity contribution in [2.24, 2.45) is 0 Å². The highest BCUT2D eigenvalue weighted by Crippen LogP contribution is 2.36. The fourth-order valence-electron chi connectivity index (χ4n) is 5.57. The molecule has 2 saturated heterocycles. The normalized spacial score (nSPS) is 15.7. The molecular weight excluding hydrogens is 568 g/mol. The van der Waals surface area contributed by atoms with Crippen molar-refractivity contribution >= 4 is 29.0 Å². The number of carbonyl (C=O) groups excluding carboxylic acids is 1. The van der Waals surface area contributed by atoms with E-state index >= 15 is 0 Å². The SMILES string of the molecule is CC(C)(C)OC=O.Nc1ncnc2c1c(-c1ccc(Oc3ccccc3)cc1)nn2C1CCN(c2ccn(C3CNC3)c2)CC1. The first-order valence-corrected chi connectivity index (χ1v) is 15.4. The molecular formula is C34H40N8O3. The van der Waals surface area contributed by atoms with Crippen molar-refractivity contribution in [2.75, 3.05) is 36.8 Å². The summed E-state index contributed by atoms with van der Waals surface area (Å²) in [7, 11) is 0. The van der Waals surface area contributed by atoms with Crippen LogP contribution in [-0.2, 0) is 9.53 Å². The number of nitrogen functional groups attached to an aromatic ring is 1. The zero-order chi connectivity index (χ0) is 31.4. The molecule has 0 spiro atoms. The van der Waals surface area contributed by atoms with E-state index in [-0.39, 0.29) is 11.6 Å². The Hall–Kier alpha value is -4.90. The van der Waals surface area contributed by atoms with E-state index in [1.165, 1.54) is 12.0 Å². The standard InChI is InChI=1S/C29H30N8O.C5H10O2/c30-28-26-27(20-6-8-25(9-7-20)38-24-4-2-1-3-5-24)34-37(29(26)33-19-32-28)21-10-13-35(14-11-21)22-12-15-36(18-22)23-16-31-17-23;1-5(2,3)7-4-6/h1-9,12,15,18-19,21,23,31H,10-11,13-14,16-17H2,(H2,30,32,33);4H,1-3H3. The van der Waals surface area contributed by atoms with Crippen molar-refractivity contribution in [3.05, 3.63) is 79.4 Å². The second-order valence-corrected chi connectivity index (χ2v) is 12.4. The number of hydrogen-bond donors (Lipinski definition) is 2. The number of carbonyl (C=O) groups is 1. The summed E-state index contributed by atoms with van der Waals surface area (Å²) >= 11 is 0. The van der Waals surface area contributed by atoms with Gasteiger partial charge in [0.1, 0.15) is 34.9 Å². The van der Waals surface area contributed by atoms with Crippen molar-refractivity contribution < 1.29 is 14.3 Å². The average molecular weight is 609 g/mol. The van der Waals surface area contributed by atoms with E-state index in [2.05, 4.69) is 52.6 Å². The van der Waals surface area contributed by atoms with Crippen LogP contribution in [-0.4, -0.2) is 62.6 Å². The van der Waals surface area contributed by atoms with Crippen LogP contribution in [0.4, 0.5) is 11.5 Å². The van der Waals surface area contributed by atoms with E-state index in [4.69, 9.17) is 15.6 Å². The van der Waals surface area contributed by atoms with Crippen molar-refractivity contribution in [1.82, 2.24) is 29.6 Å². The van der Waals surface area contributed by atoms with Crippen LogP contribution in [0, 0.1) is 0 Å². The molecule has 3 aromatic heterocycles. The lowest BCUT2D eigenvalue weighted by Crippen LogP contribution is -2.43. The third-order valence-corrected chi connectivity index (χ3v) is 8.08. The van der Waals surface area contributed by atoms with E-state index in [0.29, 0.717) is 18.3 Å². The second kappa shape index (κ2) is 13.0. The van der Waals surface area contributed by atoms with E-state index in [0.717, 1.165) is 72.8 Å². The van der Waals surface area contributed by atoms with Crippen molar-refractivity contribution in [3.8, 4) is 22.8 Å². The minimum Gasteiger partial charge on any atom is -0.462 e. The number of nitrogens with one attached hydrogen (secondary N) is 1. The maximum atomic E-state index is 9.60. The molecule has 5 heterocycles. The van der Waals surface area contributed by atoms with Gasteiger partial charge in [-0.15, -0.1) is 0 Å². The Kier molecular flexibility index (Phi) is 8.70. The quantitative estimate of drug-likeness (QED) is 0.227. The van der Waals surface area contributed by atoms with E-state index in [1.54, 1.807) is 0 Å². The first-order chi connectivity index (χ1) is 21.8. The van der Waals surface area contributed by atoms with Crippen LogP contribution < -0.4 is 20.7 Å². The Morgan fingerprint density at radius 2 is 1.64 bits per heavy atom. The molecule has 5 aromatic rings. The molecule has 2 aliphatic heterocycles. The molecule has 0 amide bonds. The maximum absolute atomic E-state index is 9.60. The first-order valence-electron chi connectivity index (χ1n) is 15.4. The lowest BCUT2D eigenvalue weighted by molar-refractivity contribution is -0.138. The van der Waals surface area contributed by atoms with Crippen LogP contribution in [0.5, 0.6) is 11.5 Å². The number of anilines is 2. The van der Waals surface area contributed by atoms with Gasteiger partial charge in [-0.3, -0.25) is 4.79 Å². The molecule has 3 N–H and O–H groups in total. The van der Waals surface area contributed by atoms with Crippen LogP contribution in [0.25, 0.3) is 22.3 Å². The van der Waals surface area contributed by atoms with Crippen molar-refractivity contribution in [2.45, 2.75) is 51.3 Å². The molecule has 0 unspecified atom stereocenters. The molecule has 7 rings (SSSR count). The minimum absolute atomic E-state index is 0.246. The van der Waals surface area contributed by atoms with E-state index in [9.17, 15) is 4.79 Å². The number of hydrogen-bond acceptors (Lipinski definition) is 9. The summed E-state index contributed by atoms with van der Waals surface area (Å²) in [5, 5.41) is 9.22. The third-order valence-electron chi connectivity index (χ3n) is 8.08. The van der Waals surface area contributed by atoms with Gasteiger partial charge < -0.3 is 30.0 Å². The summed E-state index contributed by atoms with van der Waals surface area (Å²) in [6, 6.07) is 20.8. The molecule has 0 atom stereocenters. The third kappa shape index (κ3) is 6.93. The Morgan fingerprint density at radius 3 is 2.27 bits per heavy atom. The Morgan fingerprint density at radius 1 is 0.933 bits per heavy atom. The van der Waals surface area contributed by atoms with E-state index in [1.807, 2.05) is 75.4 Å². The van der Waals surface area contributed by atoms with Gasteiger partial charge in [0, 0.05) is 44.1 Å². The molecule has 234 valence electrons. The summed E-state index contributed by atoms with van der Waals surface area (Å²) in [6.45, 7) is 9.97. The van der Waals surface area contributed by atoms with E-state index < -0.39 is 0 Å². The van der Waals surface area contributed by atoms with Crippen LogP contribution in [0.3, 0.4) is 0 Å². The summed E-state index contributed by atoms with van der Waals surface area (Å²) in [5.41, 5.74) is 9.90. The van der Waals surface area contributed by atoms with Gasteiger partial charge in [0.15, 0.2) is 5.65 Å². The van der Waals surface area contributed by atoms with Gasteiger partial charge in [-0.25, -0.2) is 14.6 Å². The Bertz CT molecular complexity index is 1710. The molecule has 2 fully saturated rings. The number of nitrogens with two attached hydrogens (primary N) is 1. The average Bonchev–Trinajstić information content (AvgIpc) is 3.64. The van der Waals surface area contributed by atoms with Gasteiger partial charge in [0.05, 0.1) is 23.2 Å². The summed E-state index contributed by atoms with van der Waals surface area (Å²) in [6.07, 6.45) is 7.99. The highest BCUT2D eigenvalue weighted by Gasteiger charge is 2.27. The van der Waals surface area contributed by atoms with Gasteiger partial charge in [0.2, 0.25) is 0 Å². The number of nitrogens with zero attached hydrogens (tertiary/aromatic N) is 6. The van der Waals surface area contributed by atoms with Gasteiger partial charge in [-0.1, -0.05) is 18.2 Å². The zero-order valence-corrected chi connectivity index (χ0v) is 26.0. The fourth-order valence-corrected chi connectivity index (χ4v) is 5.57. The number of fused-ring (bicyclic) bond motifs is 1. The first kappa shape index (κ1) is 30.1. The summed E-state index contributed by atoms with van der Waals surface area (Å²) < 4.78 is 14.9. The van der Waals surface area contributed by atoms with Crippen LogP contribution in [0.2, 0.25) is 0 Å². The molecule has 11 heteroatoms. The minimum atomic E-state index is -0.318. The molecule has 2 aromatic carbocycles. The van der Waals surface area contributed by atoms with Crippen LogP contribution >= 0.6 is 0 Å². The predicted octanol–water partition coefficient (Wildman–Crippen LogP) is 5.61. The Balaban J connectivity index is 0.000000460.